The summed E-state index contributed by atoms with van der Waals surface area (Å²) in [6, 6.07) is 17.0. The second-order valence-corrected chi connectivity index (χ2v) is 5.60. The summed E-state index contributed by atoms with van der Waals surface area (Å²) in [6.45, 7) is 2.13. The Labute approximate surface area is 109 Å². The third-order valence-corrected chi connectivity index (χ3v) is 4.16. The number of halogens is 1. The van der Waals surface area contributed by atoms with Crippen molar-refractivity contribution in [2.24, 2.45) is 0 Å². The largest absolute Gasteiger partial charge is 0.121 e. The van der Waals surface area contributed by atoms with Crippen LogP contribution in [0.5, 0.6) is 0 Å². The van der Waals surface area contributed by atoms with Gasteiger partial charge in [0, 0.05) is 15.1 Å². The van der Waals surface area contributed by atoms with Crippen LogP contribution in [0.3, 0.4) is 0 Å². The van der Waals surface area contributed by atoms with Crippen LogP contribution in [0.2, 0.25) is 0 Å². The zero-order valence-corrected chi connectivity index (χ0v) is 11.5. The summed E-state index contributed by atoms with van der Waals surface area (Å²) >= 11 is 5.44. The van der Waals surface area contributed by atoms with Crippen LogP contribution >= 0.6 is 27.7 Å². The summed E-state index contributed by atoms with van der Waals surface area (Å²) < 4.78 is 1.19. The predicted molar refractivity (Wildman–Crippen MR) is 74.9 cm³/mol. The Morgan fingerprint density at radius 1 is 1.06 bits per heavy atom. The molecule has 0 N–H and O–H groups in total. The predicted octanol–water partition coefficient (Wildman–Crippen LogP) is 5.05. The molecule has 0 fully saturated rings. The van der Waals surface area contributed by atoms with Crippen molar-refractivity contribution in [1.29, 1.82) is 0 Å². The van der Waals surface area contributed by atoms with Crippen molar-refractivity contribution in [2.45, 2.75) is 17.6 Å². The molecule has 0 aliphatic carbocycles. The van der Waals surface area contributed by atoms with Crippen molar-refractivity contribution in [2.75, 3.05) is 0 Å². The minimum atomic E-state index is 1.00. The average molecular weight is 293 g/mol. The van der Waals surface area contributed by atoms with Gasteiger partial charge in [0.05, 0.1) is 0 Å². The van der Waals surface area contributed by atoms with Gasteiger partial charge in [-0.2, -0.15) is 0 Å². The molecule has 2 heteroatoms. The molecule has 0 saturated heterocycles. The molecule has 2 aromatic rings. The summed E-state index contributed by atoms with van der Waals surface area (Å²) in [5.41, 5.74) is 2.66. The molecule has 0 amide bonds. The van der Waals surface area contributed by atoms with E-state index in [-0.39, 0.29) is 0 Å². The van der Waals surface area contributed by atoms with E-state index >= 15 is 0 Å². The minimum Gasteiger partial charge on any atom is -0.121 e. The second-order valence-electron chi connectivity index (χ2n) is 3.70. The van der Waals surface area contributed by atoms with Crippen LogP contribution in [0.4, 0.5) is 0 Å². The number of aryl methyl sites for hydroxylation is 1. The highest BCUT2D eigenvalue weighted by Gasteiger charge is 2.00. The standard InChI is InChI=1S/C14H13BrS/c1-11-5-4-7-13(9-11)16-10-12-6-2-3-8-14(12)15/h2-9H,10H2,1H3. The topological polar surface area (TPSA) is 0 Å². The fourth-order valence-electron chi connectivity index (χ4n) is 1.48. The number of hydrogen-bond donors (Lipinski definition) is 0. The minimum absolute atomic E-state index is 1.00. The zero-order valence-electron chi connectivity index (χ0n) is 9.11. The molecule has 2 rings (SSSR count). The van der Waals surface area contributed by atoms with Crippen LogP contribution in [0.15, 0.2) is 57.9 Å². The third kappa shape index (κ3) is 3.13. The van der Waals surface area contributed by atoms with E-state index in [4.69, 9.17) is 0 Å². The summed E-state index contributed by atoms with van der Waals surface area (Å²) in [4.78, 5) is 1.33. The van der Waals surface area contributed by atoms with E-state index in [2.05, 4.69) is 65.3 Å². The fourth-order valence-corrected chi connectivity index (χ4v) is 3.11. The van der Waals surface area contributed by atoms with Gasteiger partial charge in [0.1, 0.15) is 0 Å². The lowest BCUT2D eigenvalue weighted by Gasteiger charge is -2.04. The summed E-state index contributed by atoms with van der Waals surface area (Å²) in [5.74, 6) is 1.00. The number of rotatable bonds is 3. The Balaban J connectivity index is 2.05. The SMILES string of the molecule is Cc1cccc(SCc2ccccc2Br)c1. The highest BCUT2D eigenvalue weighted by Crippen LogP contribution is 2.27. The van der Waals surface area contributed by atoms with Gasteiger partial charge in [-0.1, -0.05) is 51.8 Å². The molecular formula is C14H13BrS. The van der Waals surface area contributed by atoms with E-state index in [1.807, 2.05) is 17.8 Å². The first-order valence-corrected chi connectivity index (χ1v) is 6.96. The second kappa shape index (κ2) is 5.55. The maximum absolute atomic E-state index is 3.57. The smallest absolute Gasteiger partial charge is 0.0243 e. The quantitative estimate of drug-likeness (QED) is 0.714. The van der Waals surface area contributed by atoms with E-state index < -0.39 is 0 Å². The first-order chi connectivity index (χ1) is 7.75. The highest BCUT2D eigenvalue weighted by molar-refractivity contribution is 9.10. The number of thioether (sulfide) groups is 1. The van der Waals surface area contributed by atoms with Crippen LogP contribution < -0.4 is 0 Å². The van der Waals surface area contributed by atoms with Crippen molar-refractivity contribution in [3.05, 3.63) is 64.1 Å². The summed E-state index contributed by atoms with van der Waals surface area (Å²) in [5, 5.41) is 0. The normalized spacial score (nSPS) is 10.4. The Kier molecular flexibility index (Phi) is 4.08. The van der Waals surface area contributed by atoms with Crippen LogP contribution in [-0.4, -0.2) is 0 Å². The molecule has 0 aliphatic rings. The van der Waals surface area contributed by atoms with E-state index in [9.17, 15) is 0 Å². The van der Waals surface area contributed by atoms with E-state index in [0.717, 1.165) is 5.75 Å². The van der Waals surface area contributed by atoms with Crippen molar-refractivity contribution >= 4 is 27.7 Å². The van der Waals surface area contributed by atoms with Crippen LogP contribution in [0, 0.1) is 6.92 Å². The third-order valence-electron chi connectivity index (χ3n) is 2.34. The van der Waals surface area contributed by atoms with Crippen molar-refractivity contribution in [1.82, 2.24) is 0 Å². The van der Waals surface area contributed by atoms with Gasteiger partial charge >= 0.3 is 0 Å². The molecule has 0 saturated carbocycles. The van der Waals surface area contributed by atoms with Crippen LogP contribution in [0.1, 0.15) is 11.1 Å². The lowest BCUT2D eigenvalue weighted by molar-refractivity contribution is 1.33. The van der Waals surface area contributed by atoms with Gasteiger partial charge in [-0.15, -0.1) is 11.8 Å². The monoisotopic (exact) mass is 292 g/mol. The fraction of sp³-hybridized carbons (Fsp3) is 0.143. The van der Waals surface area contributed by atoms with E-state index in [1.54, 1.807) is 0 Å². The molecule has 0 unspecified atom stereocenters. The Bertz CT molecular complexity index is 480. The zero-order chi connectivity index (χ0) is 11.4. The Morgan fingerprint density at radius 3 is 2.62 bits per heavy atom. The van der Waals surface area contributed by atoms with Gasteiger partial charge in [-0.25, -0.2) is 0 Å². The van der Waals surface area contributed by atoms with E-state index in [0.29, 0.717) is 0 Å². The molecule has 0 nitrogen and oxygen atoms in total. The molecule has 2 aromatic carbocycles. The molecule has 0 aromatic heterocycles. The van der Waals surface area contributed by atoms with Gasteiger partial charge in [-0.3, -0.25) is 0 Å². The lowest BCUT2D eigenvalue weighted by atomic mass is 10.2. The summed E-state index contributed by atoms with van der Waals surface area (Å²) in [7, 11) is 0. The molecular weight excluding hydrogens is 280 g/mol. The van der Waals surface area contributed by atoms with Crippen LogP contribution in [0.25, 0.3) is 0 Å². The average Bonchev–Trinajstić information content (AvgIpc) is 2.28. The first kappa shape index (κ1) is 11.7. The Morgan fingerprint density at radius 2 is 1.88 bits per heavy atom. The van der Waals surface area contributed by atoms with Crippen molar-refractivity contribution in [3.8, 4) is 0 Å². The molecule has 0 aliphatic heterocycles. The van der Waals surface area contributed by atoms with Crippen molar-refractivity contribution in [3.63, 3.8) is 0 Å². The molecule has 0 atom stereocenters. The maximum atomic E-state index is 3.57. The molecule has 0 heterocycles. The van der Waals surface area contributed by atoms with Gasteiger partial charge in [0.25, 0.3) is 0 Å². The molecule has 0 radical (unpaired) electrons. The van der Waals surface area contributed by atoms with Crippen LogP contribution in [-0.2, 0) is 5.75 Å². The molecule has 0 bridgehead atoms. The van der Waals surface area contributed by atoms with Gasteiger partial charge in [0.15, 0.2) is 0 Å². The van der Waals surface area contributed by atoms with Crippen molar-refractivity contribution < 1.29 is 0 Å². The van der Waals surface area contributed by atoms with Gasteiger partial charge in [0.2, 0.25) is 0 Å². The first-order valence-electron chi connectivity index (χ1n) is 5.18. The Hall–Kier alpha value is -0.730. The molecule has 16 heavy (non-hydrogen) atoms. The number of hydrogen-bond acceptors (Lipinski definition) is 1. The highest BCUT2D eigenvalue weighted by atomic mass is 79.9. The maximum Gasteiger partial charge on any atom is 0.0243 e. The van der Waals surface area contributed by atoms with Gasteiger partial charge in [-0.05, 0) is 30.7 Å². The lowest BCUT2D eigenvalue weighted by Crippen LogP contribution is -1.82. The van der Waals surface area contributed by atoms with Gasteiger partial charge < -0.3 is 0 Å². The molecule has 82 valence electrons. The number of benzene rings is 2. The molecule has 0 spiro atoms. The summed E-state index contributed by atoms with van der Waals surface area (Å²) in [6.07, 6.45) is 0. The van der Waals surface area contributed by atoms with E-state index in [1.165, 1.54) is 20.5 Å².